The average molecular weight is 717 g/mol. The summed E-state index contributed by atoms with van der Waals surface area (Å²) in [4.78, 5) is 43.4. The van der Waals surface area contributed by atoms with Crippen LogP contribution in [-0.4, -0.2) is 22.1 Å². The lowest BCUT2D eigenvalue weighted by molar-refractivity contribution is -0.386. The van der Waals surface area contributed by atoms with Crippen molar-refractivity contribution in [2.45, 2.75) is 33.4 Å². The maximum atomic E-state index is 13.9. The number of nitro benzene ring substituents is 1. The van der Waals surface area contributed by atoms with Crippen molar-refractivity contribution < 1.29 is 19.2 Å². The summed E-state index contributed by atoms with van der Waals surface area (Å²) < 4.78 is 13.2. The third-order valence-corrected chi connectivity index (χ3v) is 9.00. The van der Waals surface area contributed by atoms with Gasteiger partial charge in [-0.25, -0.2) is 9.79 Å². The number of benzene rings is 3. The monoisotopic (exact) mass is 715 g/mol. The molecule has 0 unspecified atom stereocenters. The summed E-state index contributed by atoms with van der Waals surface area (Å²) >= 11 is 16.7. The highest BCUT2D eigenvalue weighted by Gasteiger charge is 2.33. The van der Waals surface area contributed by atoms with E-state index in [1.54, 1.807) is 44.2 Å². The Hall–Kier alpha value is -3.77. The summed E-state index contributed by atoms with van der Waals surface area (Å²) in [6.45, 7) is 5.50. The molecule has 2 heterocycles. The van der Waals surface area contributed by atoms with Gasteiger partial charge in [-0.2, -0.15) is 0 Å². The molecule has 0 spiro atoms. The van der Waals surface area contributed by atoms with E-state index in [0.717, 1.165) is 22.5 Å². The highest BCUT2D eigenvalue weighted by Crippen LogP contribution is 2.38. The molecule has 1 aliphatic heterocycles. The molecular weight excluding hydrogens is 693 g/mol. The van der Waals surface area contributed by atoms with Crippen LogP contribution in [0, 0.1) is 17.0 Å². The highest BCUT2D eigenvalue weighted by molar-refractivity contribution is 9.10. The van der Waals surface area contributed by atoms with Gasteiger partial charge in [0.1, 0.15) is 6.61 Å². The first-order chi connectivity index (χ1) is 21.0. The first-order valence-corrected chi connectivity index (χ1v) is 15.7. The molecular formula is C31H24BrCl2N3O6S. The minimum Gasteiger partial charge on any atom is -0.481 e. The second kappa shape index (κ2) is 13.1. The Morgan fingerprint density at radius 1 is 1.16 bits per heavy atom. The minimum atomic E-state index is -0.760. The molecule has 1 atom stereocenters. The van der Waals surface area contributed by atoms with Gasteiger partial charge in [0.2, 0.25) is 5.75 Å². The molecule has 1 aromatic heterocycles. The van der Waals surface area contributed by atoms with Crippen LogP contribution in [0.15, 0.2) is 80.1 Å². The number of fused-ring (bicyclic) bond motifs is 1. The van der Waals surface area contributed by atoms with Crippen LogP contribution in [0.2, 0.25) is 10.0 Å². The van der Waals surface area contributed by atoms with Crippen molar-refractivity contribution in [2.24, 2.45) is 4.99 Å². The van der Waals surface area contributed by atoms with E-state index in [-0.39, 0.29) is 34.8 Å². The number of aromatic nitrogens is 1. The fourth-order valence-electron chi connectivity index (χ4n) is 4.76. The molecule has 13 heteroatoms. The number of hydrogen-bond donors (Lipinski definition) is 0. The van der Waals surface area contributed by atoms with Crippen LogP contribution >= 0.6 is 50.5 Å². The summed E-state index contributed by atoms with van der Waals surface area (Å²) in [7, 11) is 0. The van der Waals surface area contributed by atoms with Gasteiger partial charge < -0.3 is 9.47 Å². The third-order valence-electron chi connectivity index (χ3n) is 6.84. The van der Waals surface area contributed by atoms with Crippen LogP contribution in [-0.2, 0) is 16.1 Å². The van der Waals surface area contributed by atoms with Crippen molar-refractivity contribution in [3.63, 3.8) is 0 Å². The minimum absolute atomic E-state index is 0.00806. The van der Waals surface area contributed by atoms with Gasteiger partial charge >= 0.3 is 11.7 Å². The van der Waals surface area contributed by atoms with Crippen LogP contribution in [0.1, 0.15) is 42.1 Å². The second-order valence-corrected chi connectivity index (χ2v) is 12.6. The molecule has 0 amide bonds. The first-order valence-electron chi connectivity index (χ1n) is 13.3. The Morgan fingerprint density at radius 3 is 2.55 bits per heavy atom. The summed E-state index contributed by atoms with van der Waals surface area (Å²) in [5, 5.41) is 12.9. The van der Waals surface area contributed by atoms with Crippen LogP contribution in [0.3, 0.4) is 0 Å². The molecule has 0 N–H and O–H groups in total. The van der Waals surface area contributed by atoms with Crippen LogP contribution in [0.25, 0.3) is 6.08 Å². The smallest absolute Gasteiger partial charge is 0.338 e. The molecule has 44 heavy (non-hydrogen) atoms. The van der Waals surface area contributed by atoms with Crippen molar-refractivity contribution in [1.29, 1.82) is 0 Å². The van der Waals surface area contributed by atoms with Gasteiger partial charge in [-0.1, -0.05) is 70.4 Å². The number of thiazole rings is 1. The van der Waals surface area contributed by atoms with E-state index >= 15 is 0 Å². The number of nitro groups is 1. The summed E-state index contributed by atoms with van der Waals surface area (Å²) in [6, 6.07) is 14.6. The SMILES string of the molecule is CCOC(=O)C1=C(C)N=c2s/c(=C\c3cc(Br)c(OCc4ccc(Cl)cc4Cl)c([N+](=O)[O-])c3)c(=O)n2[C@H]1c1ccc(C)cc1. The summed E-state index contributed by atoms with van der Waals surface area (Å²) in [6.07, 6.45) is 1.55. The van der Waals surface area contributed by atoms with Crippen LogP contribution < -0.4 is 19.6 Å². The Labute approximate surface area is 274 Å². The number of allylic oxidation sites excluding steroid dienone is 1. The number of carbonyl (C=O) groups is 1. The molecule has 0 saturated heterocycles. The van der Waals surface area contributed by atoms with Crippen LogP contribution in [0.4, 0.5) is 5.69 Å². The van der Waals surface area contributed by atoms with E-state index in [2.05, 4.69) is 20.9 Å². The lowest BCUT2D eigenvalue weighted by atomic mass is 9.95. The number of rotatable bonds is 8. The maximum absolute atomic E-state index is 13.9. The topological polar surface area (TPSA) is 113 Å². The predicted octanol–water partition coefficient (Wildman–Crippen LogP) is 6.66. The molecule has 0 fully saturated rings. The number of carbonyl (C=O) groups excluding carboxylic acids is 1. The van der Waals surface area contributed by atoms with Crippen molar-refractivity contribution in [2.75, 3.05) is 6.61 Å². The second-order valence-electron chi connectivity index (χ2n) is 9.85. The van der Waals surface area contributed by atoms with E-state index in [4.69, 9.17) is 32.7 Å². The summed E-state index contributed by atoms with van der Waals surface area (Å²) in [5.74, 6) is -0.544. The molecule has 0 aliphatic carbocycles. The quantitative estimate of drug-likeness (QED) is 0.115. The van der Waals surface area contributed by atoms with E-state index in [1.807, 2.05) is 31.2 Å². The van der Waals surface area contributed by atoms with E-state index in [1.165, 1.54) is 10.6 Å². The van der Waals surface area contributed by atoms with Gasteiger partial charge in [0.25, 0.3) is 5.56 Å². The highest BCUT2D eigenvalue weighted by atomic mass is 79.9. The van der Waals surface area contributed by atoms with E-state index in [9.17, 15) is 19.7 Å². The van der Waals surface area contributed by atoms with Crippen molar-refractivity contribution >= 4 is 68.2 Å². The van der Waals surface area contributed by atoms with Crippen molar-refractivity contribution in [3.05, 3.63) is 132 Å². The van der Waals surface area contributed by atoms with Crippen molar-refractivity contribution in [1.82, 2.24) is 4.57 Å². The fraction of sp³-hybridized carbons (Fsp3) is 0.194. The maximum Gasteiger partial charge on any atom is 0.338 e. The Bertz CT molecular complexity index is 2020. The fourth-order valence-corrected chi connectivity index (χ4v) is 6.85. The number of ether oxygens (including phenoxy) is 2. The molecule has 0 radical (unpaired) electrons. The van der Waals surface area contributed by atoms with Gasteiger partial charge in [0.05, 0.1) is 37.8 Å². The molecule has 5 rings (SSSR count). The van der Waals surface area contributed by atoms with Crippen LogP contribution in [0.5, 0.6) is 5.75 Å². The van der Waals surface area contributed by atoms with Crippen molar-refractivity contribution in [3.8, 4) is 5.75 Å². The zero-order valence-corrected chi connectivity index (χ0v) is 27.5. The van der Waals surface area contributed by atoms with Gasteiger partial charge in [-0.3, -0.25) is 19.5 Å². The summed E-state index contributed by atoms with van der Waals surface area (Å²) in [5.41, 5.74) is 2.75. The molecule has 0 bridgehead atoms. The third kappa shape index (κ3) is 6.37. The zero-order chi connectivity index (χ0) is 31.7. The lowest BCUT2D eigenvalue weighted by Gasteiger charge is -2.24. The van der Waals surface area contributed by atoms with Gasteiger partial charge in [0.15, 0.2) is 4.80 Å². The first kappa shape index (κ1) is 31.6. The predicted molar refractivity (Wildman–Crippen MR) is 173 cm³/mol. The van der Waals surface area contributed by atoms with Gasteiger partial charge in [-0.05, 0) is 72.1 Å². The lowest BCUT2D eigenvalue weighted by Crippen LogP contribution is -2.39. The molecule has 226 valence electrons. The molecule has 1 aliphatic rings. The molecule has 3 aromatic carbocycles. The van der Waals surface area contributed by atoms with Gasteiger partial charge in [0, 0.05) is 21.7 Å². The normalized spacial score (nSPS) is 14.7. The van der Waals surface area contributed by atoms with Gasteiger partial charge in [-0.15, -0.1) is 0 Å². The largest absolute Gasteiger partial charge is 0.481 e. The molecule has 0 saturated carbocycles. The number of nitrogens with zero attached hydrogens (tertiary/aromatic N) is 3. The zero-order valence-electron chi connectivity index (χ0n) is 23.6. The Kier molecular flexibility index (Phi) is 9.40. The average Bonchev–Trinajstić information content (AvgIpc) is 3.26. The molecule has 4 aromatic rings. The molecule has 9 nitrogen and oxygen atoms in total. The van der Waals surface area contributed by atoms with E-state index < -0.39 is 22.5 Å². The number of esters is 1. The number of halogens is 3. The number of hydrogen-bond acceptors (Lipinski definition) is 8. The Balaban J connectivity index is 1.59. The standard InChI is InChI=1S/C31H24BrCl2N3O6S/c1-4-42-30(39)26-17(3)35-31-36(27(26)19-7-5-16(2)6-8-19)29(38)25(44-31)13-18-11-22(32)28(24(12-18)37(40)41)43-15-20-9-10-21(33)14-23(20)34/h5-14,27H,4,15H2,1-3H3/b25-13-/t27-/m0/s1. The Morgan fingerprint density at radius 2 is 1.89 bits per heavy atom. The van der Waals surface area contributed by atoms with E-state index in [0.29, 0.717) is 36.1 Å². The number of aryl methyl sites for hydroxylation is 1.